The summed E-state index contributed by atoms with van der Waals surface area (Å²) < 4.78 is 3.79. The zero-order chi connectivity index (χ0) is 16.5. The first kappa shape index (κ1) is 15.4. The van der Waals surface area contributed by atoms with E-state index in [1.54, 1.807) is 6.92 Å². The Kier molecular flexibility index (Phi) is 4.12. The minimum Gasteiger partial charge on any atom is -0.297 e. The van der Waals surface area contributed by atoms with Gasteiger partial charge in [-0.1, -0.05) is 16.6 Å². The number of carbonyl (C=O) groups is 1. The van der Waals surface area contributed by atoms with E-state index < -0.39 is 0 Å². The second-order valence-electron chi connectivity index (χ2n) is 5.87. The van der Waals surface area contributed by atoms with Gasteiger partial charge in [-0.3, -0.25) is 10.1 Å². The number of aromatic nitrogens is 3. The Bertz CT molecular complexity index is 900. The average molecular weight is 356 g/mol. The third kappa shape index (κ3) is 2.97. The number of anilines is 1. The average Bonchev–Trinajstić information content (AvgIpc) is 3.23. The Morgan fingerprint density at radius 2 is 2.04 bits per heavy atom. The van der Waals surface area contributed by atoms with Crippen LogP contribution in [0.2, 0.25) is 0 Å². The second kappa shape index (κ2) is 6.41. The van der Waals surface area contributed by atoms with Gasteiger partial charge in [0.05, 0.1) is 11.4 Å². The first-order chi connectivity index (χ1) is 11.7. The summed E-state index contributed by atoms with van der Waals surface area (Å²) in [6, 6.07) is 6.59. The quantitative estimate of drug-likeness (QED) is 0.767. The smallest absolute Gasteiger partial charge is 0.271 e. The van der Waals surface area contributed by atoms with E-state index in [4.69, 9.17) is 0 Å². The molecular weight excluding hydrogens is 340 g/mol. The maximum Gasteiger partial charge on any atom is 0.271 e. The standard InChI is InChI=1S/C17H16N4OS2/c1-10-15(24-21-20-10)16(22)19-17-18-14(9-23-17)13-7-6-11-4-2-3-5-12(11)8-13/h6-9H,2-5H2,1H3,(H,18,19,22). The van der Waals surface area contributed by atoms with Crippen LogP contribution in [0.1, 0.15) is 39.3 Å². The van der Waals surface area contributed by atoms with Gasteiger partial charge < -0.3 is 0 Å². The molecule has 0 atom stereocenters. The summed E-state index contributed by atoms with van der Waals surface area (Å²) >= 11 is 2.53. The number of aryl methyl sites for hydroxylation is 3. The van der Waals surface area contributed by atoms with Gasteiger partial charge in [-0.25, -0.2) is 4.98 Å². The molecule has 1 aliphatic rings. The van der Waals surface area contributed by atoms with E-state index >= 15 is 0 Å². The van der Waals surface area contributed by atoms with Crippen molar-refractivity contribution in [3.05, 3.63) is 45.3 Å². The molecule has 0 unspecified atom stereocenters. The molecule has 1 amide bonds. The van der Waals surface area contributed by atoms with Gasteiger partial charge in [0.1, 0.15) is 4.88 Å². The van der Waals surface area contributed by atoms with E-state index in [0.717, 1.165) is 29.2 Å². The minimum absolute atomic E-state index is 0.200. The van der Waals surface area contributed by atoms with Gasteiger partial charge in [-0.15, -0.1) is 16.4 Å². The summed E-state index contributed by atoms with van der Waals surface area (Å²) in [7, 11) is 0. The SMILES string of the molecule is Cc1nnsc1C(=O)Nc1nc(-c2ccc3c(c2)CCCC3)cs1. The molecular formula is C17H16N4OS2. The van der Waals surface area contributed by atoms with Crippen molar-refractivity contribution in [2.75, 3.05) is 5.32 Å². The number of thiazole rings is 1. The fourth-order valence-electron chi connectivity index (χ4n) is 2.95. The van der Waals surface area contributed by atoms with Crippen LogP contribution >= 0.6 is 22.9 Å². The number of amides is 1. The van der Waals surface area contributed by atoms with Crippen LogP contribution in [0.3, 0.4) is 0 Å². The second-order valence-corrected chi connectivity index (χ2v) is 7.48. The number of fused-ring (bicyclic) bond motifs is 1. The van der Waals surface area contributed by atoms with E-state index in [-0.39, 0.29) is 5.91 Å². The third-order valence-corrected chi connectivity index (χ3v) is 5.81. The van der Waals surface area contributed by atoms with Crippen molar-refractivity contribution in [1.82, 2.24) is 14.6 Å². The number of hydrogen-bond donors (Lipinski definition) is 1. The predicted molar refractivity (Wildman–Crippen MR) is 96.8 cm³/mol. The highest BCUT2D eigenvalue weighted by Crippen LogP contribution is 2.30. The molecule has 0 bridgehead atoms. The lowest BCUT2D eigenvalue weighted by Gasteiger charge is -2.16. The van der Waals surface area contributed by atoms with Crippen LogP contribution in [0.15, 0.2) is 23.6 Å². The van der Waals surface area contributed by atoms with E-state index in [0.29, 0.717) is 15.7 Å². The Hall–Kier alpha value is -2.12. The number of hydrogen-bond acceptors (Lipinski definition) is 6. The van der Waals surface area contributed by atoms with Crippen LogP contribution < -0.4 is 5.32 Å². The van der Waals surface area contributed by atoms with Crippen molar-refractivity contribution in [3.8, 4) is 11.3 Å². The van der Waals surface area contributed by atoms with Crippen LogP contribution in [-0.2, 0) is 12.8 Å². The van der Waals surface area contributed by atoms with Crippen LogP contribution in [0.4, 0.5) is 5.13 Å². The summed E-state index contributed by atoms with van der Waals surface area (Å²) in [5.41, 5.74) is 5.56. The summed E-state index contributed by atoms with van der Waals surface area (Å²) in [5.74, 6) is -0.200. The van der Waals surface area contributed by atoms with Crippen molar-refractivity contribution < 1.29 is 4.79 Å². The van der Waals surface area contributed by atoms with Gasteiger partial charge >= 0.3 is 0 Å². The maximum atomic E-state index is 12.2. The van der Waals surface area contributed by atoms with Crippen molar-refractivity contribution in [2.24, 2.45) is 0 Å². The predicted octanol–water partition coefficient (Wildman–Crippen LogP) is 4.10. The van der Waals surface area contributed by atoms with Crippen molar-refractivity contribution >= 4 is 33.9 Å². The molecule has 2 heterocycles. The zero-order valence-electron chi connectivity index (χ0n) is 13.2. The Labute approximate surface area is 147 Å². The summed E-state index contributed by atoms with van der Waals surface area (Å²) in [5, 5.41) is 9.28. The molecule has 3 aromatic rings. The van der Waals surface area contributed by atoms with Gasteiger partial charge in [0.15, 0.2) is 5.13 Å². The Balaban J connectivity index is 1.54. The lowest BCUT2D eigenvalue weighted by Crippen LogP contribution is -2.11. The molecule has 4 rings (SSSR count). The Morgan fingerprint density at radius 1 is 1.21 bits per heavy atom. The molecule has 0 spiro atoms. The molecule has 1 N–H and O–H groups in total. The fraction of sp³-hybridized carbons (Fsp3) is 0.294. The maximum absolute atomic E-state index is 12.2. The van der Waals surface area contributed by atoms with E-state index in [1.807, 2.05) is 5.38 Å². The van der Waals surface area contributed by atoms with Gasteiger partial charge in [-0.2, -0.15) is 0 Å². The lowest BCUT2D eigenvalue weighted by atomic mass is 9.90. The number of rotatable bonds is 3. The number of nitrogens with zero attached hydrogens (tertiary/aromatic N) is 3. The number of benzene rings is 1. The molecule has 1 aliphatic carbocycles. The van der Waals surface area contributed by atoms with Gasteiger partial charge in [-0.05, 0) is 61.3 Å². The van der Waals surface area contributed by atoms with Crippen molar-refractivity contribution in [3.63, 3.8) is 0 Å². The zero-order valence-corrected chi connectivity index (χ0v) is 14.8. The highest BCUT2D eigenvalue weighted by atomic mass is 32.1. The molecule has 5 nitrogen and oxygen atoms in total. The molecule has 24 heavy (non-hydrogen) atoms. The molecule has 0 saturated heterocycles. The summed E-state index contributed by atoms with van der Waals surface area (Å²) in [6.45, 7) is 1.78. The molecule has 0 aliphatic heterocycles. The number of nitrogens with one attached hydrogen (secondary N) is 1. The summed E-state index contributed by atoms with van der Waals surface area (Å²) in [6.07, 6.45) is 4.87. The highest BCUT2D eigenvalue weighted by molar-refractivity contribution is 7.14. The van der Waals surface area contributed by atoms with Crippen LogP contribution in [0, 0.1) is 6.92 Å². The first-order valence-electron chi connectivity index (χ1n) is 7.89. The first-order valence-corrected chi connectivity index (χ1v) is 9.54. The third-order valence-electron chi connectivity index (χ3n) is 4.23. The fourth-order valence-corrected chi connectivity index (χ4v) is 4.22. The molecule has 0 radical (unpaired) electrons. The molecule has 2 aromatic heterocycles. The van der Waals surface area contributed by atoms with Gasteiger partial charge in [0, 0.05) is 10.9 Å². The van der Waals surface area contributed by atoms with Gasteiger partial charge in [0.25, 0.3) is 5.91 Å². The van der Waals surface area contributed by atoms with Crippen LogP contribution in [0.5, 0.6) is 0 Å². The minimum atomic E-state index is -0.200. The van der Waals surface area contributed by atoms with E-state index in [1.165, 1.54) is 41.7 Å². The molecule has 0 saturated carbocycles. The molecule has 7 heteroatoms. The highest BCUT2D eigenvalue weighted by Gasteiger charge is 2.16. The number of carbonyl (C=O) groups excluding carboxylic acids is 1. The molecule has 122 valence electrons. The monoisotopic (exact) mass is 356 g/mol. The Morgan fingerprint density at radius 3 is 2.83 bits per heavy atom. The van der Waals surface area contributed by atoms with Crippen LogP contribution in [0.25, 0.3) is 11.3 Å². The van der Waals surface area contributed by atoms with Crippen LogP contribution in [-0.4, -0.2) is 20.5 Å². The normalized spacial score (nSPS) is 13.5. The van der Waals surface area contributed by atoms with Gasteiger partial charge in [0.2, 0.25) is 0 Å². The lowest BCUT2D eigenvalue weighted by molar-refractivity contribution is 0.103. The molecule has 0 fully saturated rings. The van der Waals surface area contributed by atoms with E-state index in [9.17, 15) is 4.79 Å². The summed E-state index contributed by atoms with van der Waals surface area (Å²) in [4.78, 5) is 17.3. The molecule has 1 aromatic carbocycles. The topological polar surface area (TPSA) is 67.8 Å². The van der Waals surface area contributed by atoms with E-state index in [2.05, 4.69) is 38.1 Å². The van der Waals surface area contributed by atoms with Crippen molar-refractivity contribution in [2.45, 2.75) is 32.6 Å². The largest absolute Gasteiger partial charge is 0.297 e. The van der Waals surface area contributed by atoms with Crippen molar-refractivity contribution in [1.29, 1.82) is 0 Å².